The van der Waals surface area contributed by atoms with Crippen molar-refractivity contribution < 1.29 is 27.8 Å². The number of carbonyl (C=O) groups is 2. The third-order valence-electron chi connectivity index (χ3n) is 2.96. The van der Waals surface area contributed by atoms with E-state index in [1.165, 1.54) is 24.3 Å². The first-order valence-corrected chi connectivity index (χ1v) is 6.88. The van der Waals surface area contributed by atoms with Gasteiger partial charge in [0.15, 0.2) is 12.4 Å². The number of aromatic nitrogens is 2. The largest absolute Gasteiger partial charge is 0.456 e. The number of aromatic amines is 1. The Labute approximate surface area is 138 Å². The second kappa shape index (κ2) is 7.99. The summed E-state index contributed by atoms with van der Waals surface area (Å²) in [5.74, 6) is -1.54. The van der Waals surface area contributed by atoms with Crippen LogP contribution in [0, 0.1) is 0 Å². The van der Waals surface area contributed by atoms with Gasteiger partial charge in [-0.05, 0) is 24.3 Å². The fraction of sp³-hybridized carbons (Fsp3) is 0.200. The summed E-state index contributed by atoms with van der Waals surface area (Å²) >= 11 is 0. The maximum atomic E-state index is 12.0. The van der Waals surface area contributed by atoms with Crippen LogP contribution < -0.4 is 16.0 Å². The van der Waals surface area contributed by atoms with E-state index < -0.39 is 42.8 Å². The van der Waals surface area contributed by atoms with E-state index >= 15 is 0 Å². The Kier molecular flexibility index (Phi) is 5.77. The molecule has 25 heavy (non-hydrogen) atoms. The number of H-pyrrole nitrogens is 1. The van der Waals surface area contributed by atoms with Crippen molar-refractivity contribution in [2.75, 3.05) is 6.61 Å². The van der Waals surface area contributed by atoms with Gasteiger partial charge < -0.3 is 9.47 Å². The third kappa shape index (κ3) is 5.37. The van der Waals surface area contributed by atoms with Gasteiger partial charge in [0.2, 0.25) is 0 Å². The summed E-state index contributed by atoms with van der Waals surface area (Å²) in [7, 11) is 0. The molecule has 1 aromatic carbocycles. The molecule has 0 aliphatic carbocycles. The van der Waals surface area contributed by atoms with Gasteiger partial charge in [0.1, 0.15) is 12.3 Å². The predicted molar refractivity (Wildman–Crippen MR) is 79.7 cm³/mol. The number of benzene rings is 1. The Morgan fingerprint density at radius 1 is 1.12 bits per heavy atom. The molecule has 2 aromatic rings. The molecule has 0 radical (unpaired) electrons. The molecular formula is C15H12F2N2O6. The molecule has 2 rings (SSSR count). The molecule has 0 saturated heterocycles. The molecule has 0 aliphatic heterocycles. The molecule has 0 bridgehead atoms. The predicted octanol–water partition coefficient (Wildman–Crippen LogP) is 0.564. The van der Waals surface area contributed by atoms with Crippen LogP contribution in [-0.2, 0) is 16.1 Å². The Hall–Kier alpha value is -3.30. The van der Waals surface area contributed by atoms with Gasteiger partial charge in [-0.15, -0.1) is 0 Å². The minimum atomic E-state index is -2.97. The summed E-state index contributed by atoms with van der Waals surface area (Å²) in [6.45, 7) is -4.05. The fourth-order valence-electron chi connectivity index (χ4n) is 1.81. The highest BCUT2D eigenvalue weighted by Crippen LogP contribution is 2.15. The second-order valence-electron chi connectivity index (χ2n) is 4.72. The van der Waals surface area contributed by atoms with Crippen LogP contribution in [0.15, 0.2) is 46.1 Å². The molecule has 8 nitrogen and oxygen atoms in total. The Morgan fingerprint density at radius 3 is 2.40 bits per heavy atom. The van der Waals surface area contributed by atoms with Gasteiger partial charge in [-0.2, -0.15) is 8.78 Å². The number of hydrogen-bond donors (Lipinski definition) is 1. The zero-order valence-corrected chi connectivity index (χ0v) is 12.6. The summed E-state index contributed by atoms with van der Waals surface area (Å²) in [6.07, 6.45) is 1.12. The Morgan fingerprint density at radius 2 is 1.80 bits per heavy atom. The normalized spacial score (nSPS) is 10.5. The van der Waals surface area contributed by atoms with E-state index in [-0.39, 0.29) is 11.3 Å². The number of hydrogen-bond acceptors (Lipinski definition) is 6. The van der Waals surface area contributed by atoms with Crippen molar-refractivity contribution in [2.24, 2.45) is 0 Å². The number of nitrogens with one attached hydrogen (secondary N) is 1. The number of ether oxygens (including phenoxy) is 2. The van der Waals surface area contributed by atoms with Gasteiger partial charge in [-0.25, -0.2) is 4.79 Å². The summed E-state index contributed by atoms with van der Waals surface area (Å²) in [5.41, 5.74) is -1.26. The molecule has 0 atom stereocenters. The minimum absolute atomic E-state index is 0.110. The monoisotopic (exact) mass is 354 g/mol. The molecule has 0 fully saturated rings. The van der Waals surface area contributed by atoms with E-state index in [0.29, 0.717) is 0 Å². The van der Waals surface area contributed by atoms with Crippen LogP contribution in [-0.4, -0.2) is 34.5 Å². The SMILES string of the molecule is O=C(Cn1ccc(=O)[nH]c1=O)OCC(=O)c1ccc(OC(F)F)cc1. The lowest BCUT2D eigenvalue weighted by Gasteiger charge is -2.07. The Balaban J connectivity index is 1.89. The summed E-state index contributed by atoms with van der Waals surface area (Å²) in [6, 6.07) is 5.92. The van der Waals surface area contributed by atoms with Crippen LogP contribution in [0.5, 0.6) is 5.75 Å². The van der Waals surface area contributed by atoms with Gasteiger partial charge in [0, 0.05) is 17.8 Å². The van der Waals surface area contributed by atoms with Crippen LogP contribution in [0.25, 0.3) is 0 Å². The first-order chi connectivity index (χ1) is 11.8. The van der Waals surface area contributed by atoms with Gasteiger partial charge >= 0.3 is 18.3 Å². The first kappa shape index (κ1) is 18.0. The molecular weight excluding hydrogens is 342 g/mol. The number of Topliss-reactive ketones (excluding diaryl/α,β-unsaturated/α-hetero) is 1. The van der Waals surface area contributed by atoms with Crippen molar-refractivity contribution in [3.8, 4) is 5.75 Å². The molecule has 1 aromatic heterocycles. The standard InChI is InChI=1S/C15H12F2N2O6/c16-14(17)25-10-3-1-9(2-4-10)11(20)8-24-13(22)7-19-6-5-12(21)18-15(19)23/h1-6,14H,7-8H2,(H,18,21,23). The van der Waals surface area contributed by atoms with Crippen molar-refractivity contribution in [2.45, 2.75) is 13.2 Å². The highest BCUT2D eigenvalue weighted by Gasteiger charge is 2.12. The number of nitrogens with zero attached hydrogens (tertiary/aromatic N) is 1. The zero-order chi connectivity index (χ0) is 18.4. The molecule has 0 saturated carbocycles. The van der Waals surface area contributed by atoms with E-state index in [4.69, 9.17) is 4.74 Å². The zero-order valence-electron chi connectivity index (χ0n) is 12.6. The topological polar surface area (TPSA) is 107 Å². The maximum Gasteiger partial charge on any atom is 0.387 e. The van der Waals surface area contributed by atoms with Crippen LogP contribution in [0.1, 0.15) is 10.4 Å². The molecule has 132 valence electrons. The fourth-order valence-corrected chi connectivity index (χ4v) is 1.81. The van der Waals surface area contributed by atoms with Gasteiger partial charge in [0.25, 0.3) is 5.56 Å². The molecule has 1 N–H and O–H groups in total. The average Bonchev–Trinajstić information content (AvgIpc) is 2.55. The highest BCUT2D eigenvalue weighted by molar-refractivity contribution is 5.98. The maximum absolute atomic E-state index is 12.0. The van der Waals surface area contributed by atoms with E-state index in [1.807, 2.05) is 4.98 Å². The molecule has 0 amide bonds. The minimum Gasteiger partial charge on any atom is -0.456 e. The highest BCUT2D eigenvalue weighted by atomic mass is 19.3. The average molecular weight is 354 g/mol. The number of carbonyl (C=O) groups excluding carboxylic acids is 2. The van der Waals surface area contributed by atoms with Gasteiger partial charge in [-0.3, -0.25) is 23.9 Å². The number of alkyl halides is 2. The van der Waals surface area contributed by atoms with Gasteiger partial charge in [0.05, 0.1) is 0 Å². The van der Waals surface area contributed by atoms with E-state index in [0.717, 1.165) is 16.8 Å². The van der Waals surface area contributed by atoms with Crippen LogP contribution in [0.4, 0.5) is 8.78 Å². The quantitative estimate of drug-likeness (QED) is 0.575. The molecule has 0 unspecified atom stereocenters. The summed E-state index contributed by atoms with van der Waals surface area (Å²) in [5, 5.41) is 0. The lowest BCUT2D eigenvalue weighted by molar-refractivity contribution is -0.143. The van der Waals surface area contributed by atoms with Gasteiger partial charge in [-0.1, -0.05) is 0 Å². The first-order valence-electron chi connectivity index (χ1n) is 6.88. The molecule has 0 spiro atoms. The van der Waals surface area contributed by atoms with Crippen molar-refractivity contribution in [1.29, 1.82) is 0 Å². The van der Waals surface area contributed by atoms with Crippen LogP contribution >= 0.6 is 0 Å². The smallest absolute Gasteiger partial charge is 0.387 e. The van der Waals surface area contributed by atoms with Crippen molar-refractivity contribution in [1.82, 2.24) is 9.55 Å². The lowest BCUT2D eigenvalue weighted by Crippen LogP contribution is -2.31. The number of ketones is 1. The number of esters is 1. The van der Waals surface area contributed by atoms with Crippen molar-refractivity contribution in [3.05, 3.63) is 62.9 Å². The van der Waals surface area contributed by atoms with Crippen LogP contribution in [0.2, 0.25) is 0 Å². The molecule has 1 heterocycles. The second-order valence-corrected chi connectivity index (χ2v) is 4.72. The van der Waals surface area contributed by atoms with Crippen molar-refractivity contribution in [3.63, 3.8) is 0 Å². The third-order valence-corrected chi connectivity index (χ3v) is 2.96. The summed E-state index contributed by atoms with van der Waals surface area (Å²) < 4.78 is 33.9. The van der Waals surface area contributed by atoms with E-state index in [2.05, 4.69) is 4.74 Å². The van der Waals surface area contributed by atoms with E-state index in [9.17, 15) is 28.0 Å². The molecule has 0 aliphatic rings. The van der Waals surface area contributed by atoms with E-state index in [1.54, 1.807) is 0 Å². The van der Waals surface area contributed by atoms with Crippen LogP contribution in [0.3, 0.4) is 0 Å². The molecule has 10 heteroatoms. The number of halogens is 2. The summed E-state index contributed by atoms with van der Waals surface area (Å²) in [4.78, 5) is 47.8. The lowest BCUT2D eigenvalue weighted by atomic mass is 10.1. The Bertz CT molecular complexity index is 873. The van der Waals surface area contributed by atoms with Crippen molar-refractivity contribution >= 4 is 11.8 Å². The number of rotatable bonds is 7.